The predicted octanol–water partition coefficient (Wildman–Crippen LogP) is 4.02. The molecule has 4 heteroatoms. The Kier molecular flexibility index (Phi) is 6.03. The topological polar surface area (TPSA) is 55.4 Å². The van der Waals surface area contributed by atoms with Gasteiger partial charge in [0.25, 0.3) is 5.91 Å². The minimum absolute atomic E-state index is 0.115. The van der Waals surface area contributed by atoms with Gasteiger partial charge in [-0.25, -0.2) is 4.79 Å². The van der Waals surface area contributed by atoms with Crippen molar-refractivity contribution >= 4 is 11.9 Å². The summed E-state index contributed by atoms with van der Waals surface area (Å²) in [4.78, 5) is 25.3. The molecule has 0 saturated heterocycles. The molecule has 132 valence electrons. The van der Waals surface area contributed by atoms with Gasteiger partial charge >= 0.3 is 5.97 Å². The molecule has 1 amide bonds. The molecule has 0 heterocycles. The molecule has 1 atom stereocenters. The van der Waals surface area contributed by atoms with Crippen molar-refractivity contribution in [3.8, 4) is 0 Å². The molecule has 0 aliphatic heterocycles. The van der Waals surface area contributed by atoms with Crippen LogP contribution in [0.15, 0.2) is 24.3 Å². The fraction of sp³-hybridized carbons (Fsp3) is 0.600. The number of esters is 1. The lowest BCUT2D eigenvalue weighted by molar-refractivity contribution is -0.144. The largest absolute Gasteiger partial charge is 0.445 e. The van der Waals surface area contributed by atoms with E-state index in [-0.39, 0.29) is 17.9 Å². The summed E-state index contributed by atoms with van der Waals surface area (Å²) in [5.41, 5.74) is 0.380. The second-order valence-corrected chi connectivity index (χ2v) is 7.33. The first-order chi connectivity index (χ1) is 11.3. The highest BCUT2D eigenvalue weighted by Gasteiger charge is 2.41. The highest BCUT2D eigenvalue weighted by molar-refractivity contribution is 5.94. The van der Waals surface area contributed by atoms with Crippen molar-refractivity contribution in [1.82, 2.24) is 5.32 Å². The van der Waals surface area contributed by atoms with E-state index in [0.717, 1.165) is 31.2 Å². The van der Waals surface area contributed by atoms with Crippen molar-refractivity contribution in [3.05, 3.63) is 35.4 Å². The molecule has 24 heavy (non-hydrogen) atoms. The molecule has 0 bridgehead atoms. The summed E-state index contributed by atoms with van der Waals surface area (Å²) in [5, 5.41) is 3.09. The van der Waals surface area contributed by atoms with E-state index in [1.807, 2.05) is 32.9 Å². The second kappa shape index (κ2) is 7.82. The number of nitrogens with one attached hydrogen (secondary N) is 1. The summed E-state index contributed by atoms with van der Waals surface area (Å²) in [7, 11) is 0. The SMILES string of the molecule is Cc1ccc(C(=O)OC(C)(C(=O)NC2CCCCC2)C(C)C)cc1. The van der Waals surface area contributed by atoms with Crippen LogP contribution in [0.4, 0.5) is 0 Å². The summed E-state index contributed by atoms with van der Waals surface area (Å²) >= 11 is 0. The summed E-state index contributed by atoms with van der Waals surface area (Å²) < 4.78 is 5.68. The Morgan fingerprint density at radius 2 is 1.71 bits per heavy atom. The standard InChI is InChI=1S/C20H29NO3/c1-14(2)20(4,19(23)21-17-8-6-5-7-9-17)24-18(22)16-12-10-15(3)11-13-16/h10-14,17H,5-9H2,1-4H3,(H,21,23). The molecule has 1 aromatic carbocycles. The van der Waals surface area contributed by atoms with Gasteiger partial charge in [0.1, 0.15) is 0 Å². The van der Waals surface area contributed by atoms with Gasteiger partial charge in [-0.15, -0.1) is 0 Å². The number of amides is 1. The van der Waals surface area contributed by atoms with Crippen LogP contribution in [0.3, 0.4) is 0 Å². The normalized spacial score (nSPS) is 18.0. The van der Waals surface area contributed by atoms with E-state index >= 15 is 0 Å². The van der Waals surface area contributed by atoms with Crippen molar-refractivity contribution in [2.45, 2.75) is 71.4 Å². The van der Waals surface area contributed by atoms with Crippen molar-refractivity contribution in [1.29, 1.82) is 0 Å². The van der Waals surface area contributed by atoms with Gasteiger partial charge in [0, 0.05) is 12.0 Å². The van der Waals surface area contributed by atoms with Crippen molar-refractivity contribution in [2.75, 3.05) is 0 Å². The molecule has 1 unspecified atom stereocenters. The Bertz CT molecular complexity index is 573. The third-order valence-corrected chi connectivity index (χ3v) is 5.08. The van der Waals surface area contributed by atoms with Gasteiger partial charge in [0.05, 0.1) is 5.56 Å². The van der Waals surface area contributed by atoms with Gasteiger partial charge in [0.2, 0.25) is 0 Å². The van der Waals surface area contributed by atoms with Crippen LogP contribution >= 0.6 is 0 Å². The van der Waals surface area contributed by atoms with Crippen LogP contribution in [0.1, 0.15) is 68.8 Å². The molecular formula is C20H29NO3. The van der Waals surface area contributed by atoms with Gasteiger partial charge in [-0.1, -0.05) is 50.8 Å². The fourth-order valence-corrected chi connectivity index (χ4v) is 2.94. The van der Waals surface area contributed by atoms with Gasteiger partial charge < -0.3 is 10.1 Å². The molecular weight excluding hydrogens is 302 g/mol. The summed E-state index contributed by atoms with van der Waals surface area (Å²) in [6.07, 6.45) is 5.53. The molecule has 1 fully saturated rings. The zero-order valence-electron chi connectivity index (χ0n) is 15.2. The monoisotopic (exact) mass is 331 g/mol. The maximum Gasteiger partial charge on any atom is 0.339 e. The van der Waals surface area contributed by atoms with Crippen LogP contribution in [0, 0.1) is 12.8 Å². The van der Waals surface area contributed by atoms with Crippen LogP contribution < -0.4 is 5.32 Å². The zero-order valence-corrected chi connectivity index (χ0v) is 15.2. The zero-order chi connectivity index (χ0) is 17.7. The number of rotatable bonds is 5. The number of ether oxygens (including phenoxy) is 1. The molecule has 1 saturated carbocycles. The van der Waals surface area contributed by atoms with Gasteiger partial charge in [-0.05, 0) is 38.8 Å². The molecule has 1 aliphatic carbocycles. The lowest BCUT2D eigenvalue weighted by Crippen LogP contribution is -2.54. The minimum Gasteiger partial charge on any atom is -0.445 e. The quantitative estimate of drug-likeness (QED) is 0.829. The summed E-state index contributed by atoms with van der Waals surface area (Å²) in [6, 6.07) is 7.40. The number of hydrogen-bond donors (Lipinski definition) is 1. The Morgan fingerprint density at radius 1 is 1.12 bits per heavy atom. The van der Waals surface area contributed by atoms with Crippen LogP contribution in [-0.4, -0.2) is 23.5 Å². The highest BCUT2D eigenvalue weighted by Crippen LogP contribution is 2.25. The van der Waals surface area contributed by atoms with E-state index in [4.69, 9.17) is 4.74 Å². The van der Waals surface area contributed by atoms with Crippen LogP contribution in [-0.2, 0) is 9.53 Å². The third-order valence-electron chi connectivity index (χ3n) is 5.08. The first-order valence-electron chi connectivity index (χ1n) is 8.94. The Balaban J connectivity index is 2.09. The van der Waals surface area contributed by atoms with Gasteiger partial charge in [-0.2, -0.15) is 0 Å². The molecule has 1 aliphatic rings. The van der Waals surface area contributed by atoms with E-state index in [1.54, 1.807) is 19.1 Å². The number of hydrogen-bond acceptors (Lipinski definition) is 3. The number of carbonyl (C=O) groups excluding carboxylic acids is 2. The van der Waals surface area contributed by atoms with Crippen molar-refractivity contribution < 1.29 is 14.3 Å². The van der Waals surface area contributed by atoms with Gasteiger partial charge in [0.15, 0.2) is 5.60 Å². The number of carbonyl (C=O) groups is 2. The van der Waals surface area contributed by atoms with Gasteiger partial charge in [-0.3, -0.25) is 4.79 Å². The smallest absolute Gasteiger partial charge is 0.339 e. The Hall–Kier alpha value is -1.84. The maximum atomic E-state index is 12.8. The highest BCUT2D eigenvalue weighted by atomic mass is 16.6. The average Bonchev–Trinajstić information content (AvgIpc) is 2.56. The first kappa shape index (κ1) is 18.5. The minimum atomic E-state index is -1.17. The Morgan fingerprint density at radius 3 is 2.25 bits per heavy atom. The third kappa shape index (κ3) is 4.37. The van der Waals surface area contributed by atoms with E-state index in [2.05, 4.69) is 5.32 Å². The van der Waals surface area contributed by atoms with Crippen LogP contribution in [0.2, 0.25) is 0 Å². The lowest BCUT2D eigenvalue weighted by atomic mass is 9.89. The summed E-state index contributed by atoms with van der Waals surface area (Å²) in [6.45, 7) is 7.48. The molecule has 0 aromatic heterocycles. The molecule has 1 aromatic rings. The maximum absolute atomic E-state index is 12.8. The lowest BCUT2D eigenvalue weighted by Gasteiger charge is -2.34. The van der Waals surface area contributed by atoms with E-state index in [0.29, 0.717) is 5.56 Å². The van der Waals surface area contributed by atoms with E-state index in [1.165, 1.54) is 6.42 Å². The van der Waals surface area contributed by atoms with Crippen LogP contribution in [0.25, 0.3) is 0 Å². The average molecular weight is 331 g/mol. The van der Waals surface area contributed by atoms with Crippen molar-refractivity contribution in [2.24, 2.45) is 5.92 Å². The predicted molar refractivity (Wildman–Crippen MR) is 94.9 cm³/mol. The summed E-state index contributed by atoms with van der Waals surface area (Å²) in [5.74, 6) is -0.759. The van der Waals surface area contributed by atoms with Crippen LogP contribution in [0.5, 0.6) is 0 Å². The first-order valence-corrected chi connectivity index (χ1v) is 8.94. The van der Waals surface area contributed by atoms with E-state index < -0.39 is 11.6 Å². The molecule has 1 N–H and O–H groups in total. The Labute approximate surface area is 145 Å². The van der Waals surface area contributed by atoms with Crippen molar-refractivity contribution in [3.63, 3.8) is 0 Å². The molecule has 0 radical (unpaired) electrons. The second-order valence-electron chi connectivity index (χ2n) is 7.33. The number of benzene rings is 1. The van der Waals surface area contributed by atoms with E-state index in [9.17, 15) is 9.59 Å². The number of aryl methyl sites for hydroxylation is 1. The fourth-order valence-electron chi connectivity index (χ4n) is 2.94. The molecule has 4 nitrogen and oxygen atoms in total. The molecule has 0 spiro atoms. The molecule has 2 rings (SSSR count).